The number of carbonyl (C=O) groups excluding carboxylic acids is 1. The predicted molar refractivity (Wildman–Crippen MR) is 69.8 cm³/mol. The van der Waals surface area contributed by atoms with Crippen molar-refractivity contribution in [2.75, 3.05) is 0 Å². The highest BCUT2D eigenvalue weighted by atomic mass is 16.3. The highest BCUT2D eigenvalue weighted by Crippen LogP contribution is 2.31. The van der Waals surface area contributed by atoms with Gasteiger partial charge >= 0.3 is 0 Å². The smallest absolute Gasteiger partial charge is 0.258 e. The lowest BCUT2D eigenvalue weighted by Gasteiger charge is -2.27. The van der Waals surface area contributed by atoms with Gasteiger partial charge in [0.05, 0.1) is 0 Å². The van der Waals surface area contributed by atoms with Gasteiger partial charge in [-0.3, -0.25) is 4.79 Å². The minimum Gasteiger partial charge on any atom is -0.372 e. The van der Waals surface area contributed by atoms with Crippen LogP contribution in [0.2, 0.25) is 0 Å². The van der Waals surface area contributed by atoms with E-state index in [-0.39, 0.29) is 0 Å². The number of benzene rings is 2. The molecule has 1 atom stereocenters. The number of primary amides is 1. The van der Waals surface area contributed by atoms with E-state index >= 15 is 0 Å². The van der Waals surface area contributed by atoms with Crippen molar-refractivity contribution >= 4 is 5.91 Å². The fourth-order valence-corrected chi connectivity index (χ4v) is 2.09. The Balaban J connectivity index is 2.67. The van der Waals surface area contributed by atoms with Crippen molar-refractivity contribution < 1.29 is 9.90 Å². The molecule has 3 N–H and O–H groups in total. The third kappa shape index (κ3) is 1.89. The van der Waals surface area contributed by atoms with Crippen molar-refractivity contribution in [1.82, 2.24) is 0 Å². The van der Waals surface area contributed by atoms with Crippen molar-refractivity contribution in [3.63, 3.8) is 0 Å². The van der Waals surface area contributed by atoms with Gasteiger partial charge in [-0.15, -0.1) is 0 Å². The summed E-state index contributed by atoms with van der Waals surface area (Å²) in [5, 5.41) is 10.7. The molecule has 3 nitrogen and oxygen atoms in total. The summed E-state index contributed by atoms with van der Waals surface area (Å²) in [6.45, 7) is 1.84. The number of nitrogens with two attached hydrogens (primary N) is 1. The van der Waals surface area contributed by atoms with Crippen LogP contribution in [-0.4, -0.2) is 11.0 Å². The molecule has 1 unspecified atom stereocenters. The first-order chi connectivity index (χ1) is 8.56. The fourth-order valence-electron chi connectivity index (χ4n) is 2.09. The maximum absolute atomic E-state index is 11.7. The number of hydrogen-bond acceptors (Lipinski definition) is 2. The lowest BCUT2D eigenvalue weighted by Crippen LogP contribution is -2.42. The summed E-state index contributed by atoms with van der Waals surface area (Å²) in [4.78, 5) is 11.7. The first-order valence-electron chi connectivity index (χ1n) is 5.70. The molecular formula is C15H15NO2. The zero-order chi connectivity index (χ0) is 13.2. The Morgan fingerprint density at radius 2 is 1.61 bits per heavy atom. The van der Waals surface area contributed by atoms with E-state index in [1.54, 1.807) is 36.4 Å². The average Bonchev–Trinajstić information content (AvgIpc) is 2.39. The molecule has 2 aromatic carbocycles. The largest absolute Gasteiger partial charge is 0.372 e. The summed E-state index contributed by atoms with van der Waals surface area (Å²) in [5.74, 6) is -0.775. The van der Waals surface area contributed by atoms with Crippen LogP contribution in [0.4, 0.5) is 0 Å². The molecule has 0 radical (unpaired) electrons. The second kappa shape index (κ2) is 4.63. The van der Waals surface area contributed by atoms with Crippen molar-refractivity contribution in [3.8, 4) is 0 Å². The van der Waals surface area contributed by atoms with Crippen LogP contribution in [0.5, 0.6) is 0 Å². The highest BCUT2D eigenvalue weighted by molar-refractivity contribution is 5.89. The SMILES string of the molecule is Cc1ccccc1C(O)(C(N)=O)c1ccccc1. The van der Waals surface area contributed by atoms with Crippen molar-refractivity contribution in [3.05, 3.63) is 71.3 Å². The Morgan fingerprint density at radius 3 is 2.17 bits per heavy atom. The molecule has 0 aliphatic heterocycles. The molecule has 0 bridgehead atoms. The Kier molecular flexibility index (Phi) is 3.17. The molecule has 3 heteroatoms. The number of aliphatic hydroxyl groups is 1. The number of carbonyl (C=O) groups is 1. The second-order valence-electron chi connectivity index (χ2n) is 4.26. The zero-order valence-electron chi connectivity index (χ0n) is 10.1. The molecule has 1 amide bonds. The lowest BCUT2D eigenvalue weighted by molar-refractivity contribution is -0.133. The zero-order valence-corrected chi connectivity index (χ0v) is 10.1. The van der Waals surface area contributed by atoms with Crippen molar-refractivity contribution in [2.45, 2.75) is 12.5 Å². The van der Waals surface area contributed by atoms with Crippen LogP contribution in [0.25, 0.3) is 0 Å². The fraction of sp³-hybridized carbons (Fsp3) is 0.133. The van der Waals surface area contributed by atoms with Gasteiger partial charge < -0.3 is 10.8 Å². The van der Waals surface area contributed by atoms with Gasteiger partial charge in [0, 0.05) is 5.56 Å². The average molecular weight is 241 g/mol. The van der Waals surface area contributed by atoms with Crippen LogP contribution < -0.4 is 5.73 Å². The molecule has 0 aliphatic rings. The first kappa shape index (κ1) is 12.3. The molecule has 2 rings (SSSR count). The number of hydrogen-bond donors (Lipinski definition) is 2. The lowest BCUT2D eigenvalue weighted by atomic mass is 9.83. The van der Waals surface area contributed by atoms with Crippen LogP contribution >= 0.6 is 0 Å². The molecule has 0 fully saturated rings. The summed E-state index contributed by atoms with van der Waals surface area (Å²) in [7, 11) is 0. The predicted octanol–water partition coefficient (Wildman–Crippen LogP) is 1.72. The maximum atomic E-state index is 11.7. The molecule has 0 heterocycles. The molecule has 92 valence electrons. The van der Waals surface area contributed by atoms with Gasteiger partial charge in [-0.05, 0) is 18.1 Å². The molecular weight excluding hydrogens is 226 g/mol. The Bertz CT molecular complexity index is 566. The highest BCUT2D eigenvalue weighted by Gasteiger charge is 2.38. The van der Waals surface area contributed by atoms with Crippen LogP contribution in [-0.2, 0) is 10.4 Å². The second-order valence-corrected chi connectivity index (χ2v) is 4.26. The van der Waals surface area contributed by atoms with Gasteiger partial charge in [0.15, 0.2) is 5.60 Å². The van der Waals surface area contributed by atoms with E-state index in [2.05, 4.69) is 0 Å². The third-order valence-corrected chi connectivity index (χ3v) is 3.08. The molecule has 0 saturated heterocycles. The van der Waals surface area contributed by atoms with Gasteiger partial charge in [-0.2, -0.15) is 0 Å². The standard InChI is InChI=1S/C15H15NO2/c1-11-7-5-6-10-13(11)15(18,14(16)17)12-8-3-2-4-9-12/h2-10,18H,1H3,(H2,16,17). The Hall–Kier alpha value is -2.13. The van der Waals surface area contributed by atoms with E-state index in [0.717, 1.165) is 5.56 Å². The van der Waals surface area contributed by atoms with Crippen LogP contribution in [0.15, 0.2) is 54.6 Å². The summed E-state index contributed by atoms with van der Waals surface area (Å²) in [5.41, 5.74) is 5.45. The van der Waals surface area contributed by atoms with Gasteiger partial charge in [0.1, 0.15) is 0 Å². The van der Waals surface area contributed by atoms with Crippen molar-refractivity contribution in [2.24, 2.45) is 5.73 Å². The monoisotopic (exact) mass is 241 g/mol. The van der Waals surface area contributed by atoms with Gasteiger partial charge in [-0.25, -0.2) is 0 Å². The summed E-state index contributed by atoms with van der Waals surface area (Å²) in [6, 6.07) is 15.9. The maximum Gasteiger partial charge on any atom is 0.258 e. The molecule has 0 spiro atoms. The molecule has 0 aromatic heterocycles. The quantitative estimate of drug-likeness (QED) is 0.859. The Morgan fingerprint density at radius 1 is 1.06 bits per heavy atom. The normalized spacial score (nSPS) is 13.9. The van der Waals surface area contributed by atoms with E-state index in [9.17, 15) is 9.90 Å². The van der Waals surface area contributed by atoms with Crippen molar-refractivity contribution in [1.29, 1.82) is 0 Å². The van der Waals surface area contributed by atoms with E-state index < -0.39 is 11.5 Å². The van der Waals surface area contributed by atoms with Crippen LogP contribution in [0.1, 0.15) is 16.7 Å². The van der Waals surface area contributed by atoms with Gasteiger partial charge in [0.2, 0.25) is 0 Å². The number of aryl methyl sites for hydroxylation is 1. The van der Waals surface area contributed by atoms with E-state index in [0.29, 0.717) is 11.1 Å². The number of amides is 1. The Labute approximate surface area is 106 Å². The summed E-state index contributed by atoms with van der Waals surface area (Å²) in [6.07, 6.45) is 0. The van der Waals surface area contributed by atoms with E-state index in [1.165, 1.54) is 0 Å². The summed E-state index contributed by atoms with van der Waals surface area (Å²) < 4.78 is 0. The molecule has 2 aromatic rings. The minimum absolute atomic E-state index is 0.479. The third-order valence-electron chi connectivity index (χ3n) is 3.08. The number of rotatable bonds is 3. The topological polar surface area (TPSA) is 63.3 Å². The first-order valence-corrected chi connectivity index (χ1v) is 5.70. The van der Waals surface area contributed by atoms with E-state index in [1.807, 2.05) is 25.1 Å². The molecule has 0 aliphatic carbocycles. The van der Waals surface area contributed by atoms with E-state index in [4.69, 9.17) is 5.73 Å². The molecule has 18 heavy (non-hydrogen) atoms. The molecule has 0 saturated carbocycles. The minimum atomic E-state index is -1.79. The van der Waals surface area contributed by atoms with Gasteiger partial charge in [-0.1, -0.05) is 54.6 Å². The summed E-state index contributed by atoms with van der Waals surface area (Å²) >= 11 is 0. The van der Waals surface area contributed by atoms with Crippen LogP contribution in [0, 0.1) is 6.92 Å². The van der Waals surface area contributed by atoms with Crippen LogP contribution in [0.3, 0.4) is 0 Å². The van der Waals surface area contributed by atoms with Gasteiger partial charge in [0.25, 0.3) is 5.91 Å².